The molecule has 2 aromatic rings. The van der Waals surface area contributed by atoms with Crippen molar-refractivity contribution in [3.8, 4) is 0 Å². The molecule has 1 aromatic carbocycles. The van der Waals surface area contributed by atoms with E-state index in [4.69, 9.17) is 9.47 Å². The van der Waals surface area contributed by atoms with Gasteiger partial charge >= 0.3 is 11.9 Å². The molecule has 2 aliphatic heterocycles. The van der Waals surface area contributed by atoms with Crippen LogP contribution in [-0.2, 0) is 37.3 Å². The largest absolute Gasteiger partial charge is 0.466 e. The van der Waals surface area contributed by atoms with Crippen molar-refractivity contribution in [2.24, 2.45) is 5.92 Å². The van der Waals surface area contributed by atoms with E-state index in [-0.39, 0.29) is 36.2 Å². The smallest absolute Gasteiger partial charge is 0.341 e. The molecule has 10 nitrogen and oxygen atoms in total. The van der Waals surface area contributed by atoms with Gasteiger partial charge in [0.1, 0.15) is 5.00 Å². The molecule has 12 heteroatoms. The zero-order valence-electron chi connectivity index (χ0n) is 21.8. The zero-order chi connectivity index (χ0) is 27.4. The van der Waals surface area contributed by atoms with Gasteiger partial charge in [-0.15, -0.1) is 11.3 Å². The number of nitrogens with zero attached hydrogens (tertiary/aromatic N) is 2. The molecule has 206 valence electrons. The van der Waals surface area contributed by atoms with Crippen LogP contribution in [0.5, 0.6) is 0 Å². The first-order valence-electron chi connectivity index (χ1n) is 12.7. The van der Waals surface area contributed by atoms with Crippen LogP contribution >= 0.6 is 11.3 Å². The number of fused-ring (bicyclic) bond motifs is 1. The van der Waals surface area contributed by atoms with Crippen LogP contribution in [0.1, 0.15) is 57.8 Å². The average Bonchev–Trinajstić information content (AvgIpc) is 3.25. The number of nitrogens with one attached hydrogen (secondary N) is 1. The minimum Gasteiger partial charge on any atom is -0.466 e. The quantitative estimate of drug-likeness (QED) is 0.486. The minimum atomic E-state index is -3.85. The van der Waals surface area contributed by atoms with E-state index >= 15 is 0 Å². The molecule has 1 amide bonds. The molecular formula is C26H33N3O7S2. The van der Waals surface area contributed by atoms with Gasteiger partial charge in [-0.25, -0.2) is 13.2 Å². The third-order valence-electron chi connectivity index (χ3n) is 6.71. The number of rotatable bonds is 8. The minimum absolute atomic E-state index is 0.0420. The predicted octanol–water partition coefficient (Wildman–Crippen LogP) is 3.13. The molecule has 2 aliphatic rings. The molecule has 1 atom stereocenters. The number of thiophene rings is 1. The van der Waals surface area contributed by atoms with E-state index in [0.29, 0.717) is 42.9 Å². The van der Waals surface area contributed by atoms with E-state index in [9.17, 15) is 22.8 Å². The number of esters is 2. The van der Waals surface area contributed by atoms with Crippen LogP contribution < -0.4 is 5.32 Å². The Balaban J connectivity index is 1.51. The number of piperidine rings is 1. The van der Waals surface area contributed by atoms with Crippen molar-refractivity contribution in [2.75, 3.05) is 45.2 Å². The van der Waals surface area contributed by atoms with Gasteiger partial charge in [-0.05, 0) is 70.0 Å². The van der Waals surface area contributed by atoms with Crippen molar-refractivity contribution in [2.45, 2.75) is 44.6 Å². The third-order valence-corrected chi connectivity index (χ3v) is 9.72. The molecule has 38 heavy (non-hydrogen) atoms. The number of anilines is 1. The Morgan fingerprint density at radius 1 is 1.08 bits per heavy atom. The third kappa shape index (κ3) is 5.93. The van der Waals surface area contributed by atoms with Crippen LogP contribution in [0, 0.1) is 5.92 Å². The van der Waals surface area contributed by atoms with E-state index in [1.54, 1.807) is 13.8 Å². The van der Waals surface area contributed by atoms with Crippen LogP contribution in [0.4, 0.5) is 5.00 Å². The molecule has 4 rings (SSSR count). The standard InChI is InChI=1S/C26H33N3O7S2/c1-4-35-25(31)18-7-6-13-29(15-18)38(33,34)19-10-8-17(9-11-19)23(30)27-24-22(26(32)36-5-2)20-12-14-28(3)16-21(20)37-24/h8-11,18H,4-7,12-16H2,1-3H3,(H,27,30). The molecule has 0 aliphatic carbocycles. The van der Waals surface area contributed by atoms with Crippen molar-refractivity contribution >= 4 is 44.2 Å². The molecular weight excluding hydrogens is 530 g/mol. The number of carbonyl (C=O) groups is 3. The number of hydrogen-bond acceptors (Lipinski definition) is 9. The fourth-order valence-electron chi connectivity index (χ4n) is 4.75. The first-order chi connectivity index (χ1) is 18.1. The summed E-state index contributed by atoms with van der Waals surface area (Å²) in [5.41, 5.74) is 1.56. The van der Waals surface area contributed by atoms with Gasteiger partial charge in [0, 0.05) is 36.6 Å². The van der Waals surface area contributed by atoms with Gasteiger partial charge in [-0.1, -0.05) is 0 Å². The summed E-state index contributed by atoms with van der Waals surface area (Å²) in [4.78, 5) is 41.2. The van der Waals surface area contributed by atoms with Crippen molar-refractivity contribution in [1.29, 1.82) is 0 Å². The number of ether oxygens (including phenoxy) is 2. The normalized spacial score (nSPS) is 18.4. The number of likely N-dealkylation sites (N-methyl/N-ethyl adjacent to an activating group) is 1. The molecule has 1 unspecified atom stereocenters. The Hall–Kier alpha value is -2.80. The maximum absolute atomic E-state index is 13.2. The highest BCUT2D eigenvalue weighted by molar-refractivity contribution is 7.89. The SMILES string of the molecule is CCOC(=O)c1c(NC(=O)c2ccc(S(=O)(=O)N3CCCC(C(=O)OCC)C3)cc2)sc2c1CCN(C)C2. The summed E-state index contributed by atoms with van der Waals surface area (Å²) in [6.45, 7) is 5.80. The van der Waals surface area contributed by atoms with Gasteiger partial charge in [0.2, 0.25) is 10.0 Å². The summed E-state index contributed by atoms with van der Waals surface area (Å²) < 4.78 is 38.1. The number of hydrogen-bond donors (Lipinski definition) is 1. The van der Waals surface area contributed by atoms with Gasteiger partial charge in [0.25, 0.3) is 5.91 Å². The second-order valence-corrected chi connectivity index (χ2v) is 12.4. The Kier molecular flexibility index (Phi) is 8.86. The summed E-state index contributed by atoms with van der Waals surface area (Å²) in [6, 6.07) is 5.67. The highest BCUT2D eigenvalue weighted by Gasteiger charge is 2.34. The van der Waals surface area contributed by atoms with E-state index in [2.05, 4.69) is 10.2 Å². The molecule has 0 radical (unpaired) electrons. The zero-order valence-corrected chi connectivity index (χ0v) is 23.5. The predicted molar refractivity (Wildman–Crippen MR) is 143 cm³/mol. The molecule has 0 bridgehead atoms. The molecule has 1 aromatic heterocycles. The van der Waals surface area contributed by atoms with Crippen molar-refractivity contribution in [1.82, 2.24) is 9.21 Å². The second kappa shape index (κ2) is 11.9. The second-order valence-electron chi connectivity index (χ2n) is 9.35. The van der Waals surface area contributed by atoms with E-state index < -0.39 is 27.8 Å². The number of benzene rings is 1. The van der Waals surface area contributed by atoms with Gasteiger partial charge < -0.3 is 19.7 Å². The molecule has 1 fully saturated rings. The Morgan fingerprint density at radius 3 is 2.47 bits per heavy atom. The van der Waals surface area contributed by atoms with Gasteiger partial charge in [0.05, 0.1) is 29.6 Å². The Morgan fingerprint density at radius 2 is 1.79 bits per heavy atom. The lowest BCUT2D eigenvalue weighted by Crippen LogP contribution is -2.42. The molecule has 0 spiro atoms. The average molecular weight is 564 g/mol. The maximum Gasteiger partial charge on any atom is 0.341 e. The van der Waals surface area contributed by atoms with Crippen LogP contribution in [0.3, 0.4) is 0 Å². The lowest BCUT2D eigenvalue weighted by molar-refractivity contribution is -0.149. The van der Waals surface area contributed by atoms with Gasteiger partial charge in [0.15, 0.2) is 0 Å². The van der Waals surface area contributed by atoms with Gasteiger partial charge in [-0.3, -0.25) is 9.59 Å². The summed E-state index contributed by atoms with van der Waals surface area (Å²) in [5, 5.41) is 3.27. The van der Waals surface area contributed by atoms with Crippen LogP contribution in [0.15, 0.2) is 29.2 Å². The molecule has 0 saturated carbocycles. The lowest BCUT2D eigenvalue weighted by atomic mass is 10.0. The van der Waals surface area contributed by atoms with Crippen LogP contribution in [-0.4, -0.2) is 75.4 Å². The molecule has 1 N–H and O–H groups in total. The summed E-state index contributed by atoms with van der Waals surface area (Å²) in [7, 11) is -1.84. The fourth-order valence-corrected chi connectivity index (χ4v) is 7.59. The lowest BCUT2D eigenvalue weighted by Gasteiger charge is -2.30. The molecule has 1 saturated heterocycles. The highest BCUT2D eigenvalue weighted by Crippen LogP contribution is 2.37. The number of amides is 1. The monoisotopic (exact) mass is 563 g/mol. The van der Waals surface area contributed by atoms with E-state index in [1.165, 1.54) is 39.9 Å². The number of sulfonamides is 1. The summed E-state index contributed by atoms with van der Waals surface area (Å²) in [6.07, 6.45) is 1.83. The Bertz CT molecular complexity index is 1300. The van der Waals surface area contributed by atoms with E-state index in [1.807, 2.05) is 7.05 Å². The Labute approximate surface area is 226 Å². The first kappa shape index (κ1) is 28.2. The first-order valence-corrected chi connectivity index (χ1v) is 15.0. The van der Waals surface area contributed by atoms with Crippen molar-refractivity contribution < 1.29 is 32.3 Å². The van der Waals surface area contributed by atoms with Gasteiger partial charge in [-0.2, -0.15) is 4.31 Å². The van der Waals surface area contributed by atoms with Crippen molar-refractivity contribution in [3.63, 3.8) is 0 Å². The van der Waals surface area contributed by atoms with Crippen LogP contribution in [0.25, 0.3) is 0 Å². The van der Waals surface area contributed by atoms with E-state index in [0.717, 1.165) is 17.0 Å². The molecule has 3 heterocycles. The highest BCUT2D eigenvalue weighted by atomic mass is 32.2. The van der Waals surface area contributed by atoms with Crippen LogP contribution in [0.2, 0.25) is 0 Å². The summed E-state index contributed by atoms with van der Waals surface area (Å²) in [5.74, 6) is -1.79. The number of carbonyl (C=O) groups excluding carboxylic acids is 3. The fraction of sp³-hybridized carbons (Fsp3) is 0.500. The maximum atomic E-state index is 13.2. The topological polar surface area (TPSA) is 122 Å². The summed E-state index contributed by atoms with van der Waals surface area (Å²) >= 11 is 1.36. The van der Waals surface area contributed by atoms with Crippen molar-refractivity contribution in [3.05, 3.63) is 45.8 Å².